The molecule has 8 nitrogen and oxygen atoms in total. The Kier molecular flexibility index (Phi) is 5.24. The molecule has 2 aliphatic rings. The quantitative estimate of drug-likeness (QED) is 0.820. The summed E-state index contributed by atoms with van der Waals surface area (Å²) < 4.78 is 0. The number of rotatable bonds is 5. The third kappa shape index (κ3) is 3.90. The summed E-state index contributed by atoms with van der Waals surface area (Å²) in [5, 5.41) is 0. The maximum atomic E-state index is 12.6. The molecule has 1 saturated heterocycles. The predicted octanol–water partition coefficient (Wildman–Crippen LogP) is 2.21. The van der Waals surface area contributed by atoms with Gasteiger partial charge in [0.15, 0.2) is 5.96 Å². The summed E-state index contributed by atoms with van der Waals surface area (Å²) in [4.78, 5) is 41.5. The second-order valence-corrected chi connectivity index (χ2v) is 8.16. The first-order chi connectivity index (χ1) is 14.4. The number of carbonyl (C=O) groups is 2. The number of nitrogens with two attached hydrogens (primary N) is 1. The molecule has 1 aromatic heterocycles. The van der Waals surface area contributed by atoms with Crippen molar-refractivity contribution in [1.82, 2.24) is 14.9 Å². The average molecular weight is 406 g/mol. The van der Waals surface area contributed by atoms with Crippen molar-refractivity contribution >= 4 is 23.6 Å². The van der Waals surface area contributed by atoms with Gasteiger partial charge in [0.2, 0.25) is 11.8 Å². The Labute approximate surface area is 175 Å². The van der Waals surface area contributed by atoms with Crippen LogP contribution >= 0.6 is 0 Å². The number of hydrogen-bond donors (Lipinski definition) is 1. The van der Waals surface area contributed by atoms with Gasteiger partial charge in [0.1, 0.15) is 12.1 Å². The highest BCUT2D eigenvalue weighted by molar-refractivity contribution is 5.99. The molecule has 0 radical (unpaired) electrons. The molecule has 1 aromatic carbocycles. The lowest BCUT2D eigenvalue weighted by Crippen LogP contribution is -2.50. The van der Waals surface area contributed by atoms with E-state index in [1.807, 2.05) is 44.2 Å². The van der Waals surface area contributed by atoms with Gasteiger partial charge in [-0.2, -0.15) is 0 Å². The van der Waals surface area contributed by atoms with E-state index in [1.165, 1.54) is 11.2 Å². The highest BCUT2D eigenvalue weighted by Crippen LogP contribution is 2.31. The van der Waals surface area contributed by atoms with Crippen LogP contribution in [0.15, 0.2) is 47.7 Å². The molecule has 0 saturated carbocycles. The monoisotopic (exact) mass is 406 g/mol. The number of nitrogens with zero attached hydrogens (tertiary/aromatic N) is 5. The number of aliphatic imine (C=N–C) groups is 1. The Balaban J connectivity index is 1.52. The lowest BCUT2D eigenvalue weighted by atomic mass is 9.93. The first kappa shape index (κ1) is 20.0. The average Bonchev–Trinajstić information content (AvgIpc) is 3.13. The van der Waals surface area contributed by atoms with Crippen LogP contribution in [0.5, 0.6) is 0 Å². The van der Waals surface area contributed by atoms with Crippen LogP contribution < -0.4 is 10.6 Å². The van der Waals surface area contributed by atoms with E-state index in [9.17, 15) is 9.59 Å². The Hall–Kier alpha value is -3.29. The molecule has 30 heavy (non-hydrogen) atoms. The Morgan fingerprint density at radius 1 is 1.17 bits per heavy atom. The predicted molar refractivity (Wildman–Crippen MR) is 114 cm³/mol. The van der Waals surface area contributed by atoms with E-state index < -0.39 is 5.54 Å². The van der Waals surface area contributed by atoms with Crippen LogP contribution in [-0.2, 0) is 16.1 Å². The lowest BCUT2D eigenvalue weighted by molar-refractivity contribution is -0.130. The molecule has 8 heteroatoms. The van der Waals surface area contributed by atoms with Gasteiger partial charge < -0.3 is 5.73 Å². The first-order valence-corrected chi connectivity index (χ1v) is 10.2. The van der Waals surface area contributed by atoms with Gasteiger partial charge in [-0.1, -0.05) is 37.3 Å². The highest BCUT2D eigenvalue weighted by atomic mass is 16.2. The second kappa shape index (κ2) is 7.85. The zero-order chi connectivity index (χ0) is 21.3. The van der Waals surface area contributed by atoms with Gasteiger partial charge in [-0.15, -0.1) is 0 Å². The third-order valence-electron chi connectivity index (χ3n) is 5.96. The fraction of sp³-hybridized carbons (Fsp3) is 0.409. The lowest BCUT2D eigenvalue weighted by Gasteiger charge is -2.34. The SMILES string of the molecule is CCC1(C)CC(=O)N(Cc2cc(N3CC(c4ccccc4)CC3=O)ncn2)C(N)=N1. The van der Waals surface area contributed by atoms with Crippen molar-refractivity contribution in [3.63, 3.8) is 0 Å². The summed E-state index contributed by atoms with van der Waals surface area (Å²) >= 11 is 0. The van der Waals surface area contributed by atoms with Crippen molar-refractivity contribution in [1.29, 1.82) is 0 Å². The van der Waals surface area contributed by atoms with E-state index in [1.54, 1.807) is 11.0 Å². The summed E-state index contributed by atoms with van der Waals surface area (Å²) in [6, 6.07) is 11.8. The number of benzene rings is 1. The molecule has 2 unspecified atom stereocenters. The van der Waals surface area contributed by atoms with E-state index in [0.29, 0.717) is 30.9 Å². The number of carbonyl (C=O) groups excluding carboxylic acids is 2. The minimum absolute atomic E-state index is 0.0299. The molecule has 0 bridgehead atoms. The normalized spacial score (nSPS) is 24.3. The molecule has 156 valence electrons. The van der Waals surface area contributed by atoms with Gasteiger partial charge in [0, 0.05) is 24.9 Å². The van der Waals surface area contributed by atoms with E-state index in [4.69, 9.17) is 5.73 Å². The van der Waals surface area contributed by atoms with Crippen LogP contribution in [0.4, 0.5) is 5.82 Å². The minimum Gasteiger partial charge on any atom is -0.369 e. The van der Waals surface area contributed by atoms with Gasteiger partial charge in [0.25, 0.3) is 0 Å². The summed E-state index contributed by atoms with van der Waals surface area (Å²) in [5.74, 6) is 0.838. The van der Waals surface area contributed by atoms with Gasteiger partial charge in [0.05, 0.1) is 24.2 Å². The topological polar surface area (TPSA) is 105 Å². The summed E-state index contributed by atoms with van der Waals surface area (Å²) in [6.07, 6.45) is 2.92. The van der Waals surface area contributed by atoms with Gasteiger partial charge in [-0.3, -0.25) is 19.4 Å². The fourth-order valence-corrected chi connectivity index (χ4v) is 3.96. The first-order valence-electron chi connectivity index (χ1n) is 10.2. The van der Waals surface area contributed by atoms with Crippen molar-refractivity contribution in [2.45, 2.75) is 51.1 Å². The fourth-order valence-electron chi connectivity index (χ4n) is 3.96. The van der Waals surface area contributed by atoms with E-state index in [2.05, 4.69) is 15.0 Å². The molecule has 3 heterocycles. The van der Waals surface area contributed by atoms with Crippen LogP contribution in [0.25, 0.3) is 0 Å². The number of anilines is 1. The summed E-state index contributed by atoms with van der Waals surface area (Å²) in [6.45, 7) is 4.69. The van der Waals surface area contributed by atoms with Crippen LogP contribution in [0.2, 0.25) is 0 Å². The van der Waals surface area contributed by atoms with E-state index in [0.717, 1.165) is 12.0 Å². The molecule has 2 aliphatic heterocycles. The third-order valence-corrected chi connectivity index (χ3v) is 5.96. The molecule has 2 aromatic rings. The van der Waals surface area contributed by atoms with Crippen molar-refractivity contribution in [2.24, 2.45) is 10.7 Å². The molecular formula is C22H26N6O2. The molecule has 0 aliphatic carbocycles. The highest BCUT2D eigenvalue weighted by Gasteiger charge is 2.35. The molecule has 4 rings (SSSR count). The van der Waals surface area contributed by atoms with Crippen LogP contribution in [0.3, 0.4) is 0 Å². The van der Waals surface area contributed by atoms with Crippen LogP contribution in [0, 0.1) is 0 Å². The van der Waals surface area contributed by atoms with Crippen molar-refractivity contribution in [2.75, 3.05) is 11.4 Å². The summed E-state index contributed by atoms with van der Waals surface area (Å²) in [5.41, 5.74) is 7.38. The maximum Gasteiger partial charge on any atom is 0.232 e. The molecule has 0 spiro atoms. The zero-order valence-electron chi connectivity index (χ0n) is 17.3. The molecule has 1 fully saturated rings. The van der Waals surface area contributed by atoms with Gasteiger partial charge in [-0.05, 0) is 18.9 Å². The number of aromatic nitrogens is 2. The largest absolute Gasteiger partial charge is 0.369 e. The number of hydrogen-bond acceptors (Lipinski definition) is 6. The van der Waals surface area contributed by atoms with E-state index in [-0.39, 0.29) is 30.2 Å². The Morgan fingerprint density at radius 2 is 1.93 bits per heavy atom. The standard InChI is InChI=1S/C22H26N6O2/c1-3-22(2)11-20(30)28(21(23)26-22)13-17-10-18(25-14-24-17)27-12-16(9-19(27)29)15-7-5-4-6-8-15/h4-8,10,14,16H,3,9,11-13H2,1-2H3,(H2,23,26). The molecule has 2 N–H and O–H groups in total. The van der Waals surface area contributed by atoms with Crippen LogP contribution in [0.1, 0.15) is 50.3 Å². The Bertz CT molecular complexity index is 992. The van der Waals surface area contributed by atoms with Gasteiger partial charge in [-0.25, -0.2) is 15.0 Å². The molecular weight excluding hydrogens is 380 g/mol. The Morgan fingerprint density at radius 3 is 2.63 bits per heavy atom. The van der Waals surface area contributed by atoms with Crippen molar-refractivity contribution < 1.29 is 9.59 Å². The van der Waals surface area contributed by atoms with E-state index >= 15 is 0 Å². The molecule has 2 atom stereocenters. The minimum atomic E-state index is -0.455. The van der Waals surface area contributed by atoms with Crippen molar-refractivity contribution in [3.05, 3.63) is 54.0 Å². The summed E-state index contributed by atoms with van der Waals surface area (Å²) in [7, 11) is 0. The van der Waals surface area contributed by atoms with Gasteiger partial charge >= 0.3 is 0 Å². The van der Waals surface area contributed by atoms with Crippen LogP contribution in [-0.4, -0.2) is 44.7 Å². The molecule has 2 amide bonds. The zero-order valence-corrected chi connectivity index (χ0v) is 17.3. The number of amides is 2. The van der Waals surface area contributed by atoms with Crippen molar-refractivity contribution in [3.8, 4) is 0 Å². The maximum absolute atomic E-state index is 12.6. The smallest absolute Gasteiger partial charge is 0.232 e. The second-order valence-electron chi connectivity index (χ2n) is 8.16. The number of guanidine groups is 1.